The molecule has 0 fully saturated rings. The number of hydrogen-bond acceptors (Lipinski definition) is 3. The number of aromatic amines is 1. The number of nitrogens with zero attached hydrogens (tertiary/aromatic N) is 2. The number of aromatic nitrogens is 2. The number of benzene rings is 2. The van der Waals surface area contributed by atoms with Crippen LogP contribution in [0.3, 0.4) is 0 Å². The summed E-state index contributed by atoms with van der Waals surface area (Å²) >= 11 is 6.20. The molecule has 0 spiro atoms. The van der Waals surface area contributed by atoms with Gasteiger partial charge in [0.1, 0.15) is 0 Å². The fourth-order valence-electron chi connectivity index (χ4n) is 2.30. The van der Waals surface area contributed by atoms with E-state index in [1.807, 2.05) is 43.4 Å². The lowest BCUT2D eigenvalue weighted by atomic mass is 10.1. The molecule has 0 saturated heterocycles. The minimum atomic E-state index is 0.698. The number of rotatable bonds is 3. The summed E-state index contributed by atoms with van der Waals surface area (Å²) in [5.74, 6) is 0. The van der Waals surface area contributed by atoms with E-state index in [9.17, 15) is 0 Å². The third kappa shape index (κ3) is 2.30. The number of nitrogens with one attached hydrogen (secondary N) is 1. The van der Waals surface area contributed by atoms with Crippen molar-refractivity contribution in [3.63, 3.8) is 0 Å². The monoisotopic (exact) mass is 286 g/mol. The van der Waals surface area contributed by atoms with E-state index in [-0.39, 0.29) is 0 Å². The van der Waals surface area contributed by atoms with Gasteiger partial charge in [0.15, 0.2) is 0 Å². The predicted octanol–water partition coefficient (Wildman–Crippen LogP) is 3.43. The molecule has 5 heteroatoms. The van der Waals surface area contributed by atoms with Gasteiger partial charge in [-0.15, -0.1) is 0 Å². The summed E-state index contributed by atoms with van der Waals surface area (Å²) in [7, 11) is 2.00. The van der Waals surface area contributed by atoms with Gasteiger partial charge in [-0.05, 0) is 23.8 Å². The van der Waals surface area contributed by atoms with Crippen LogP contribution in [-0.2, 0) is 6.54 Å². The van der Waals surface area contributed by atoms with Crippen molar-refractivity contribution >= 4 is 33.9 Å². The molecular formula is C15H15ClN4. The van der Waals surface area contributed by atoms with Crippen LogP contribution in [0.25, 0.3) is 10.9 Å². The van der Waals surface area contributed by atoms with Gasteiger partial charge in [-0.1, -0.05) is 29.8 Å². The van der Waals surface area contributed by atoms with Crippen LogP contribution in [0.1, 0.15) is 5.56 Å². The molecular weight excluding hydrogens is 272 g/mol. The second-order valence-electron chi connectivity index (χ2n) is 4.82. The minimum absolute atomic E-state index is 0.698. The van der Waals surface area contributed by atoms with Crippen LogP contribution in [0.5, 0.6) is 0 Å². The van der Waals surface area contributed by atoms with Gasteiger partial charge in [-0.25, -0.2) is 0 Å². The number of nitrogens with two attached hydrogens (primary N) is 1. The first-order valence-electron chi connectivity index (χ1n) is 6.32. The first-order valence-corrected chi connectivity index (χ1v) is 6.70. The lowest BCUT2D eigenvalue weighted by molar-refractivity contribution is 0.925. The highest BCUT2D eigenvalue weighted by molar-refractivity contribution is 6.31. The smallest absolute Gasteiger partial charge is 0.0672 e. The van der Waals surface area contributed by atoms with Gasteiger partial charge in [-0.3, -0.25) is 5.10 Å². The van der Waals surface area contributed by atoms with Gasteiger partial charge >= 0.3 is 0 Å². The average molecular weight is 287 g/mol. The SMILES string of the molecule is CN(Cc1ccccc1Cl)c1cc2[nH]ncc2cc1N. The Hall–Kier alpha value is -2.20. The molecule has 102 valence electrons. The van der Waals surface area contributed by atoms with Crippen molar-refractivity contribution in [2.45, 2.75) is 6.54 Å². The zero-order valence-corrected chi connectivity index (χ0v) is 11.9. The number of H-pyrrole nitrogens is 1. The van der Waals surface area contributed by atoms with E-state index in [1.165, 1.54) is 0 Å². The van der Waals surface area contributed by atoms with Crippen LogP contribution in [0.4, 0.5) is 11.4 Å². The van der Waals surface area contributed by atoms with Gasteiger partial charge in [0.05, 0.1) is 23.1 Å². The first kappa shape index (κ1) is 12.8. The van der Waals surface area contributed by atoms with Gasteiger partial charge in [0.2, 0.25) is 0 Å². The minimum Gasteiger partial charge on any atom is -0.397 e. The second kappa shape index (κ2) is 5.06. The van der Waals surface area contributed by atoms with Crippen LogP contribution >= 0.6 is 11.6 Å². The molecule has 3 N–H and O–H groups in total. The molecule has 0 aliphatic rings. The van der Waals surface area contributed by atoms with Crippen molar-refractivity contribution in [2.75, 3.05) is 17.7 Å². The van der Waals surface area contributed by atoms with Crippen LogP contribution < -0.4 is 10.6 Å². The highest BCUT2D eigenvalue weighted by atomic mass is 35.5. The third-order valence-electron chi connectivity index (χ3n) is 3.36. The summed E-state index contributed by atoms with van der Waals surface area (Å²) in [5, 5.41) is 8.76. The Bertz CT molecular complexity index is 750. The zero-order valence-electron chi connectivity index (χ0n) is 11.1. The molecule has 4 nitrogen and oxygen atoms in total. The number of halogens is 1. The Morgan fingerprint density at radius 2 is 2.10 bits per heavy atom. The first-order chi connectivity index (χ1) is 9.65. The summed E-state index contributed by atoms with van der Waals surface area (Å²) in [5.41, 5.74) is 9.85. The quantitative estimate of drug-likeness (QED) is 0.725. The Labute approximate surface area is 122 Å². The standard InChI is InChI=1S/C15H15ClN4/c1-20(9-10-4-2-3-5-12(10)16)15-7-14-11(6-13(15)17)8-18-19-14/h2-8H,9,17H2,1H3,(H,18,19). The lowest BCUT2D eigenvalue weighted by Gasteiger charge is -2.22. The maximum absolute atomic E-state index is 6.20. The molecule has 20 heavy (non-hydrogen) atoms. The fraction of sp³-hybridized carbons (Fsp3) is 0.133. The topological polar surface area (TPSA) is 57.9 Å². The van der Waals surface area contributed by atoms with E-state index in [2.05, 4.69) is 15.1 Å². The van der Waals surface area contributed by atoms with E-state index >= 15 is 0 Å². The van der Waals surface area contributed by atoms with Crippen LogP contribution in [0.2, 0.25) is 5.02 Å². The lowest BCUT2D eigenvalue weighted by Crippen LogP contribution is -2.18. The summed E-state index contributed by atoms with van der Waals surface area (Å²) in [6.07, 6.45) is 1.77. The molecule has 0 saturated carbocycles. The van der Waals surface area contributed by atoms with E-state index in [4.69, 9.17) is 17.3 Å². The Kier molecular flexibility index (Phi) is 3.24. The third-order valence-corrected chi connectivity index (χ3v) is 3.73. The highest BCUT2D eigenvalue weighted by Crippen LogP contribution is 2.29. The van der Waals surface area contributed by atoms with Gasteiger partial charge in [-0.2, -0.15) is 5.10 Å². The molecule has 0 bridgehead atoms. The predicted molar refractivity (Wildman–Crippen MR) is 84.1 cm³/mol. The largest absolute Gasteiger partial charge is 0.397 e. The molecule has 3 rings (SSSR count). The van der Waals surface area contributed by atoms with Gasteiger partial charge in [0, 0.05) is 24.0 Å². The summed E-state index contributed by atoms with van der Waals surface area (Å²) in [4.78, 5) is 2.08. The van der Waals surface area contributed by atoms with Crippen molar-refractivity contribution in [3.05, 3.63) is 53.2 Å². The summed E-state index contributed by atoms with van der Waals surface area (Å²) < 4.78 is 0. The molecule has 0 aliphatic carbocycles. The normalized spacial score (nSPS) is 10.9. The second-order valence-corrected chi connectivity index (χ2v) is 5.22. The van der Waals surface area contributed by atoms with Gasteiger partial charge in [0.25, 0.3) is 0 Å². The van der Waals surface area contributed by atoms with Crippen molar-refractivity contribution in [2.24, 2.45) is 0 Å². The molecule has 0 amide bonds. The zero-order chi connectivity index (χ0) is 14.1. The van der Waals surface area contributed by atoms with Crippen molar-refractivity contribution in [3.8, 4) is 0 Å². The summed E-state index contributed by atoms with van der Waals surface area (Å²) in [6, 6.07) is 11.8. The number of anilines is 2. The van der Waals surface area contributed by atoms with E-state index < -0.39 is 0 Å². The molecule has 0 aliphatic heterocycles. The average Bonchev–Trinajstić information content (AvgIpc) is 2.87. The maximum atomic E-state index is 6.20. The molecule has 1 aromatic heterocycles. The summed E-state index contributed by atoms with van der Waals surface area (Å²) in [6.45, 7) is 0.698. The Balaban J connectivity index is 1.94. The van der Waals surface area contributed by atoms with Crippen molar-refractivity contribution < 1.29 is 0 Å². The van der Waals surface area contributed by atoms with Crippen molar-refractivity contribution in [1.82, 2.24) is 10.2 Å². The highest BCUT2D eigenvalue weighted by Gasteiger charge is 2.10. The molecule has 0 unspecified atom stereocenters. The van der Waals surface area contributed by atoms with E-state index in [0.29, 0.717) is 6.54 Å². The fourth-order valence-corrected chi connectivity index (χ4v) is 2.49. The van der Waals surface area contributed by atoms with E-state index in [1.54, 1.807) is 6.20 Å². The Morgan fingerprint density at radius 3 is 2.90 bits per heavy atom. The van der Waals surface area contributed by atoms with Crippen LogP contribution in [-0.4, -0.2) is 17.2 Å². The van der Waals surface area contributed by atoms with E-state index in [0.717, 1.165) is 32.9 Å². The number of nitrogen functional groups attached to an aromatic ring is 1. The molecule has 0 radical (unpaired) electrons. The van der Waals surface area contributed by atoms with Crippen LogP contribution in [0.15, 0.2) is 42.6 Å². The van der Waals surface area contributed by atoms with Gasteiger partial charge < -0.3 is 10.6 Å². The number of hydrogen-bond donors (Lipinski definition) is 2. The molecule has 0 atom stereocenters. The van der Waals surface area contributed by atoms with Crippen molar-refractivity contribution in [1.29, 1.82) is 0 Å². The van der Waals surface area contributed by atoms with Crippen LogP contribution in [0, 0.1) is 0 Å². The number of fused-ring (bicyclic) bond motifs is 1. The molecule has 3 aromatic rings. The maximum Gasteiger partial charge on any atom is 0.0672 e. The molecule has 1 heterocycles. The Morgan fingerprint density at radius 1 is 1.30 bits per heavy atom. The molecule has 2 aromatic carbocycles.